The molecule has 3 nitrogen and oxygen atoms in total. The summed E-state index contributed by atoms with van der Waals surface area (Å²) in [6.07, 6.45) is 5.92. The molecule has 1 fully saturated rings. The van der Waals surface area contributed by atoms with Crippen LogP contribution >= 0.6 is 11.3 Å². The molecule has 1 aliphatic carbocycles. The highest BCUT2D eigenvalue weighted by Crippen LogP contribution is 2.20. The van der Waals surface area contributed by atoms with Gasteiger partial charge in [0.15, 0.2) is 0 Å². The topological polar surface area (TPSA) is 41.5 Å². The van der Waals surface area contributed by atoms with E-state index in [2.05, 4.69) is 22.1 Å². The van der Waals surface area contributed by atoms with E-state index in [1.54, 1.807) is 11.3 Å². The van der Waals surface area contributed by atoms with Crippen molar-refractivity contribution in [2.24, 2.45) is 0 Å². The van der Waals surface area contributed by atoms with Gasteiger partial charge in [-0.1, -0.05) is 12.8 Å². The summed E-state index contributed by atoms with van der Waals surface area (Å²) in [6.45, 7) is 2.00. The number of hydrogen-bond donors (Lipinski definition) is 2. The van der Waals surface area contributed by atoms with Crippen molar-refractivity contribution in [3.8, 4) is 0 Å². The number of rotatable bonds is 8. The Balaban J connectivity index is 1.47. The molecular weight excluding hydrogens is 246 g/mol. The highest BCUT2D eigenvalue weighted by Gasteiger charge is 2.16. The van der Waals surface area contributed by atoms with Crippen LogP contribution in [0.2, 0.25) is 0 Å². The van der Waals surface area contributed by atoms with Crippen LogP contribution < -0.4 is 5.32 Å². The minimum Gasteiger partial charge on any atom is -0.389 e. The molecule has 0 radical (unpaired) electrons. The fourth-order valence-corrected chi connectivity index (χ4v) is 3.00. The average molecular weight is 269 g/mol. The molecular formula is C14H23NO2S. The molecule has 18 heavy (non-hydrogen) atoms. The number of aliphatic hydroxyl groups is 1. The summed E-state index contributed by atoms with van der Waals surface area (Å²) < 4.78 is 5.68. The van der Waals surface area contributed by atoms with Crippen LogP contribution in [0.3, 0.4) is 0 Å². The molecule has 1 aromatic rings. The summed E-state index contributed by atoms with van der Waals surface area (Å²) in [5.74, 6) is 0. The molecule has 1 aliphatic rings. The monoisotopic (exact) mass is 269 g/mol. The Bertz CT molecular complexity index is 310. The van der Waals surface area contributed by atoms with Crippen LogP contribution in [0, 0.1) is 0 Å². The first-order chi connectivity index (χ1) is 8.84. The molecule has 102 valence electrons. The van der Waals surface area contributed by atoms with Gasteiger partial charge in [0.2, 0.25) is 0 Å². The summed E-state index contributed by atoms with van der Waals surface area (Å²) >= 11 is 1.73. The molecule has 2 rings (SSSR count). The van der Waals surface area contributed by atoms with Gasteiger partial charge >= 0.3 is 0 Å². The zero-order valence-electron chi connectivity index (χ0n) is 10.8. The molecule has 4 heteroatoms. The van der Waals surface area contributed by atoms with Crippen molar-refractivity contribution in [3.63, 3.8) is 0 Å². The van der Waals surface area contributed by atoms with Crippen molar-refractivity contribution < 1.29 is 9.84 Å². The minimum absolute atomic E-state index is 0.381. The van der Waals surface area contributed by atoms with E-state index in [9.17, 15) is 5.11 Å². The van der Waals surface area contributed by atoms with Gasteiger partial charge in [-0.3, -0.25) is 0 Å². The molecule has 0 aliphatic heterocycles. The second-order valence-corrected chi connectivity index (χ2v) is 5.76. The van der Waals surface area contributed by atoms with Crippen molar-refractivity contribution in [1.82, 2.24) is 5.32 Å². The maximum Gasteiger partial charge on any atom is 0.0897 e. The van der Waals surface area contributed by atoms with Crippen molar-refractivity contribution in [2.45, 2.75) is 44.3 Å². The minimum atomic E-state index is -0.381. The van der Waals surface area contributed by atoms with E-state index < -0.39 is 0 Å². The number of nitrogens with one attached hydrogen (secondary N) is 1. The zero-order chi connectivity index (χ0) is 12.6. The third-order valence-corrected chi connectivity index (χ3v) is 4.11. The van der Waals surface area contributed by atoms with E-state index in [0.717, 1.165) is 25.8 Å². The summed E-state index contributed by atoms with van der Waals surface area (Å²) in [5.41, 5.74) is 1.36. The van der Waals surface area contributed by atoms with Crippen LogP contribution in [-0.4, -0.2) is 37.0 Å². The molecule has 0 bridgehead atoms. The summed E-state index contributed by atoms with van der Waals surface area (Å²) in [4.78, 5) is 0. The van der Waals surface area contributed by atoms with Crippen molar-refractivity contribution in [2.75, 3.05) is 19.7 Å². The van der Waals surface area contributed by atoms with Crippen LogP contribution in [0.1, 0.15) is 31.2 Å². The lowest BCUT2D eigenvalue weighted by Crippen LogP contribution is -2.32. The van der Waals surface area contributed by atoms with Crippen molar-refractivity contribution >= 4 is 11.3 Å². The Kier molecular flexibility index (Phi) is 6.14. The first-order valence-corrected chi connectivity index (χ1v) is 7.80. The Morgan fingerprint density at radius 2 is 2.28 bits per heavy atom. The van der Waals surface area contributed by atoms with E-state index in [0.29, 0.717) is 19.3 Å². The van der Waals surface area contributed by atoms with Gasteiger partial charge in [0.25, 0.3) is 0 Å². The Morgan fingerprint density at radius 3 is 3.00 bits per heavy atom. The number of hydrogen-bond acceptors (Lipinski definition) is 4. The van der Waals surface area contributed by atoms with Gasteiger partial charge in [-0.05, 0) is 48.2 Å². The second-order valence-electron chi connectivity index (χ2n) is 4.98. The molecule has 2 N–H and O–H groups in total. The van der Waals surface area contributed by atoms with Gasteiger partial charge in [0.1, 0.15) is 0 Å². The smallest absolute Gasteiger partial charge is 0.0897 e. The first-order valence-electron chi connectivity index (χ1n) is 6.86. The van der Waals surface area contributed by atoms with E-state index in [1.807, 2.05) is 0 Å². The van der Waals surface area contributed by atoms with E-state index >= 15 is 0 Å². The molecule has 1 aromatic heterocycles. The van der Waals surface area contributed by atoms with Crippen LogP contribution in [-0.2, 0) is 11.2 Å². The third kappa shape index (κ3) is 5.06. The maximum atomic E-state index is 9.78. The standard InChI is InChI=1S/C14H23NO2S/c16-13(10-17-14-3-1-2-4-14)9-15-7-5-12-6-8-18-11-12/h6,8,11,13-16H,1-5,7,9-10H2. The second kappa shape index (κ2) is 7.89. The molecule has 0 spiro atoms. The number of aliphatic hydroxyl groups excluding tert-OH is 1. The van der Waals surface area contributed by atoms with E-state index in [-0.39, 0.29) is 6.10 Å². The maximum absolute atomic E-state index is 9.78. The first kappa shape index (κ1) is 14.0. The van der Waals surface area contributed by atoms with Crippen LogP contribution in [0.4, 0.5) is 0 Å². The average Bonchev–Trinajstić information content (AvgIpc) is 3.04. The van der Waals surface area contributed by atoms with Gasteiger partial charge in [-0.15, -0.1) is 0 Å². The van der Waals surface area contributed by atoms with Gasteiger partial charge in [0, 0.05) is 6.54 Å². The Hall–Kier alpha value is -0.420. The van der Waals surface area contributed by atoms with Crippen LogP contribution in [0.15, 0.2) is 16.8 Å². The van der Waals surface area contributed by atoms with E-state index in [1.165, 1.54) is 18.4 Å². The van der Waals surface area contributed by atoms with Gasteiger partial charge < -0.3 is 15.2 Å². The van der Waals surface area contributed by atoms with Gasteiger partial charge in [0.05, 0.1) is 18.8 Å². The molecule has 0 saturated heterocycles. The van der Waals surface area contributed by atoms with Gasteiger partial charge in [-0.25, -0.2) is 0 Å². The van der Waals surface area contributed by atoms with E-state index in [4.69, 9.17) is 4.74 Å². The van der Waals surface area contributed by atoms with Gasteiger partial charge in [-0.2, -0.15) is 11.3 Å². The molecule has 1 atom stereocenters. The lowest BCUT2D eigenvalue weighted by Gasteiger charge is -2.15. The van der Waals surface area contributed by atoms with Crippen LogP contribution in [0.5, 0.6) is 0 Å². The predicted octanol–water partition coefficient (Wildman–Crippen LogP) is 2.20. The summed E-state index contributed by atoms with van der Waals surface area (Å²) in [5, 5.41) is 17.3. The SMILES string of the molecule is OC(CNCCc1ccsc1)COC1CCCC1. The lowest BCUT2D eigenvalue weighted by molar-refractivity contribution is -0.00530. The van der Waals surface area contributed by atoms with Crippen molar-refractivity contribution in [3.05, 3.63) is 22.4 Å². The summed E-state index contributed by atoms with van der Waals surface area (Å²) in [6, 6.07) is 2.14. The summed E-state index contributed by atoms with van der Waals surface area (Å²) in [7, 11) is 0. The molecule has 0 amide bonds. The predicted molar refractivity (Wildman–Crippen MR) is 75.1 cm³/mol. The van der Waals surface area contributed by atoms with Crippen LogP contribution in [0.25, 0.3) is 0 Å². The molecule has 1 unspecified atom stereocenters. The normalized spacial score (nSPS) is 18.3. The highest BCUT2D eigenvalue weighted by molar-refractivity contribution is 7.07. The Labute approximate surface area is 113 Å². The third-order valence-electron chi connectivity index (χ3n) is 3.38. The fraction of sp³-hybridized carbons (Fsp3) is 0.714. The quantitative estimate of drug-likeness (QED) is 0.711. The lowest BCUT2D eigenvalue weighted by atomic mass is 10.2. The number of ether oxygens (including phenoxy) is 1. The van der Waals surface area contributed by atoms with Crippen molar-refractivity contribution in [1.29, 1.82) is 0 Å². The zero-order valence-corrected chi connectivity index (χ0v) is 11.6. The molecule has 1 saturated carbocycles. The molecule has 1 heterocycles. The number of thiophene rings is 1. The molecule has 0 aromatic carbocycles. The Morgan fingerprint density at radius 1 is 1.44 bits per heavy atom. The largest absolute Gasteiger partial charge is 0.389 e. The fourth-order valence-electron chi connectivity index (χ4n) is 2.30. The highest BCUT2D eigenvalue weighted by atomic mass is 32.1.